The molecule has 220 valence electrons. The van der Waals surface area contributed by atoms with Crippen molar-refractivity contribution in [2.75, 3.05) is 10.6 Å². The van der Waals surface area contributed by atoms with E-state index in [9.17, 15) is 29.4 Å². The lowest BCUT2D eigenvalue weighted by Gasteiger charge is -2.18. The van der Waals surface area contributed by atoms with E-state index < -0.39 is 45.2 Å². The summed E-state index contributed by atoms with van der Waals surface area (Å²) in [5.74, 6) is -4.13. The molecule has 4 aromatic rings. The van der Waals surface area contributed by atoms with Crippen LogP contribution in [0.5, 0.6) is 0 Å². The minimum absolute atomic E-state index is 0.0262. The number of carboxylic acid groups (broad SMARTS) is 2. The maximum absolute atomic E-state index is 13.5. The SMILES string of the molecule is O=C(O)c1cc(NC(=O)C(Sc2cccc(NC(=O)c3c(Cl)c(Cl)c(Cl)c(Cl)c3C(=O)O)c2)c2ccccc2)ccc1Cl. The van der Waals surface area contributed by atoms with Gasteiger partial charge in [0.1, 0.15) is 5.25 Å². The summed E-state index contributed by atoms with van der Waals surface area (Å²) in [5.41, 5.74) is -0.118. The Labute approximate surface area is 273 Å². The highest BCUT2D eigenvalue weighted by Crippen LogP contribution is 2.42. The summed E-state index contributed by atoms with van der Waals surface area (Å²) in [7, 11) is 0. The first-order valence-corrected chi connectivity index (χ1v) is 14.7. The molecular weight excluding hydrogens is 682 g/mol. The Hall–Kier alpha value is -3.44. The van der Waals surface area contributed by atoms with E-state index in [0.717, 1.165) is 11.8 Å². The fourth-order valence-corrected chi connectivity index (χ4v) is 6.20. The number of rotatable bonds is 9. The average molecular weight is 699 g/mol. The quantitative estimate of drug-likeness (QED) is 0.0779. The zero-order valence-electron chi connectivity index (χ0n) is 21.3. The average Bonchev–Trinajstić information content (AvgIpc) is 2.97. The third kappa shape index (κ3) is 7.38. The Bertz CT molecular complexity index is 1770. The summed E-state index contributed by atoms with van der Waals surface area (Å²) in [6.45, 7) is 0. The van der Waals surface area contributed by atoms with Crippen molar-refractivity contribution in [3.8, 4) is 0 Å². The zero-order chi connectivity index (χ0) is 31.4. The summed E-state index contributed by atoms with van der Waals surface area (Å²) in [6.07, 6.45) is 0. The first kappa shape index (κ1) is 32.5. The van der Waals surface area contributed by atoms with Crippen LogP contribution in [0.15, 0.2) is 77.7 Å². The number of benzene rings is 4. The van der Waals surface area contributed by atoms with E-state index in [-0.39, 0.29) is 37.0 Å². The van der Waals surface area contributed by atoms with Crippen molar-refractivity contribution in [1.29, 1.82) is 0 Å². The molecule has 2 amide bonds. The van der Waals surface area contributed by atoms with Gasteiger partial charge >= 0.3 is 11.9 Å². The molecule has 4 rings (SSSR count). The van der Waals surface area contributed by atoms with Crippen molar-refractivity contribution in [3.05, 3.63) is 120 Å². The minimum atomic E-state index is -1.53. The molecule has 4 aromatic carbocycles. The number of aromatic carboxylic acids is 2. The molecule has 0 bridgehead atoms. The lowest BCUT2D eigenvalue weighted by atomic mass is 10.1. The fraction of sp³-hybridized carbons (Fsp3) is 0.0345. The van der Waals surface area contributed by atoms with Crippen molar-refractivity contribution >= 4 is 105 Å². The molecule has 0 saturated heterocycles. The lowest BCUT2D eigenvalue weighted by molar-refractivity contribution is -0.115. The molecule has 0 fully saturated rings. The molecule has 0 aliphatic heterocycles. The Morgan fingerprint density at radius 3 is 1.91 bits per heavy atom. The Balaban J connectivity index is 1.63. The van der Waals surface area contributed by atoms with Gasteiger partial charge in [-0.3, -0.25) is 9.59 Å². The number of hydrogen-bond donors (Lipinski definition) is 4. The number of carbonyl (C=O) groups excluding carboxylic acids is 2. The predicted molar refractivity (Wildman–Crippen MR) is 170 cm³/mol. The smallest absolute Gasteiger partial charge is 0.338 e. The highest BCUT2D eigenvalue weighted by molar-refractivity contribution is 8.00. The summed E-state index contributed by atoms with van der Waals surface area (Å²) in [5, 5.41) is 22.2. The Morgan fingerprint density at radius 2 is 1.28 bits per heavy atom. The van der Waals surface area contributed by atoms with Crippen LogP contribution in [-0.2, 0) is 4.79 Å². The monoisotopic (exact) mass is 696 g/mol. The van der Waals surface area contributed by atoms with Crippen LogP contribution in [0, 0.1) is 0 Å². The van der Waals surface area contributed by atoms with E-state index in [1.165, 1.54) is 18.2 Å². The molecule has 8 nitrogen and oxygen atoms in total. The van der Waals surface area contributed by atoms with E-state index in [0.29, 0.717) is 10.5 Å². The largest absolute Gasteiger partial charge is 0.478 e. The Morgan fingerprint density at radius 1 is 0.651 bits per heavy atom. The van der Waals surface area contributed by atoms with E-state index in [1.807, 2.05) is 0 Å². The van der Waals surface area contributed by atoms with Gasteiger partial charge in [0.15, 0.2) is 0 Å². The van der Waals surface area contributed by atoms with Crippen LogP contribution in [0.25, 0.3) is 0 Å². The van der Waals surface area contributed by atoms with Gasteiger partial charge in [0.05, 0.1) is 41.8 Å². The van der Waals surface area contributed by atoms with Crippen molar-refractivity contribution in [3.63, 3.8) is 0 Å². The van der Waals surface area contributed by atoms with Gasteiger partial charge in [0.2, 0.25) is 5.91 Å². The molecule has 14 heteroatoms. The second-order valence-corrected chi connectivity index (χ2v) is 11.8. The minimum Gasteiger partial charge on any atom is -0.478 e. The van der Waals surface area contributed by atoms with Crippen LogP contribution in [0.1, 0.15) is 41.9 Å². The molecule has 0 aliphatic rings. The summed E-state index contributed by atoms with van der Waals surface area (Å²) in [6, 6.07) is 19.4. The number of halogens is 5. The topological polar surface area (TPSA) is 133 Å². The maximum atomic E-state index is 13.5. The van der Waals surface area contributed by atoms with Crippen LogP contribution >= 0.6 is 69.8 Å². The molecule has 0 aliphatic carbocycles. The third-order valence-corrected chi connectivity index (χ3v) is 9.24. The van der Waals surface area contributed by atoms with Gasteiger partial charge in [0, 0.05) is 16.3 Å². The lowest BCUT2D eigenvalue weighted by Crippen LogP contribution is -2.19. The number of carboxylic acids is 2. The number of carbonyl (C=O) groups is 4. The van der Waals surface area contributed by atoms with Crippen LogP contribution < -0.4 is 10.6 Å². The molecule has 4 N–H and O–H groups in total. The summed E-state index contributed by atoms with van der Waals surface area (Å²) >= 11 is 31.4. The molecule has 0 heterocycles. The van der Waals surface area contributed by atoms with Crippen LogP contribution in [0.2, 0.25) is 25.1 Å². The van der Waals surface area contributed by atoms with Gasteiger partial charge in [-0.05, 0) is 42.0 Å². The van der Waals surface area contributed by atoms with Gasteiger partial charge in [-0.15, -0.1) is 11.8 Å². The number of thioether (sulfide) groups is 1. The molecular formula is C29H17Cl5N2O6S. The molecule has 0 saturated carbocycles. The molecule has 0 radical (unpaired) electrons. The Kier molecular flexibility index (Phi) is 10.5. The maximum Gasteiger partial charge on any atom is 0.338 e. The molecule has 1 atom stereocenters. The van der Waals surface area contributed by atoms with Crippen LogP contribution in [0.4, 0.5) is 11.4 Å². The summed E-state index contributed by atoms with van der Waals surface area (Å²) in [4.78, 5) is 50.6. The molecule has 1 unspecified atom stereocenters. The van der Waals surface area contributed by atoms with Crippen molar-refractivity contribution in [2.24, 2.45) is 0 Å². The highest BCUT2D eigenvalue weighted by Gasteiger charge is 2.29. The van der Waals surface area contributed by atoms with Gasteiger partial charge in [0.25, 0.3) is 5.91 Å². The number of hydrogen-bond acceptors (Lipinski definition) is 5. The number of anilines is 2. The molecule has 0 aromatic heterocycles. The van der Waals surface area contributed by atoms with E-state index in [2.05, 4.69) is 10.6 Å². The van der Waals surface area contributed by atoms with E-state index in [1.54, 1.807) is 54.6 Å². The first-order chi connectivity index (χ1) is 20.4. The fourth-order valence-electron chi connectivity index (χ4n) is 3.90. The molecule has 0 spiro atoms. The van der Waals surface area contributed by atoms with Crippen molar-refractivity contribution < 1.29 is 29.4 Å². The second-order valence-electron chi connectivity index (χ2n) is 8.69. The van der Waals surface area contributed by atoms with Crippen LogP contribution in [-0.4, -0.2) is 34.0 Å². The van der Waals surface area contributed by atoms with Gasteiger partial charge < -0.3 is 20.8 Å². The van der Waals surface area contributed by atoms with Crippen LogP contribution in [0.3, 0.4) is 0 Å². The van der Waals surface area contributed by atoms with E-state index >= 15 is 0 Å². The van der Waals surface area contributed by atoms with E-state index in [4.69, 9.17) is 58.0 Å². The zero-order valence-corrected chi connectivity index (χ0v) is 25.9. The summed E-state index contributed by atoms with van der Waals surface area (Å²) < 4.78 is 0. The van der Waals surface area contributed by atoms with Gasteiger partial charge in [-0.25, -0.2) is 9.59 Å². The first-order valence-electron chi connectivity index (χ1n) is 11.9. The number of nitrogens with one attached hydrogen (secondary N) is 2. The molecule has 43 heavy (non-hydrogen) atoms. The third-order valence-electron chi connectivity index (χ3n) is 5.86. The highest BCUT2D eigenvalue weighted by atomic mass is 35.5. The second kappa shape index (κ2) is 13.9. The number of amides is 2. The van der Waals surface area contributed by atoms with Crippen molar-refractivity contribution in [2.45, 2.75) is 10.1 Å². The van der Waals surface area contributed by atoms with Crippen molar-refractivity contribution in [1.82, 2.24) is 0 Å². The standard InChI is InChI=1S/C29H17Cl5N2O6S/c30-18-10-9-15(12-17(18)28(39)40)36-27(38)25(13-5-2-1-3-6-13)43-16-8-4-7-14(11-16)35-26(37)19-20(29(41)42)22(32)24(34)23(33)21(19)31/h1-12,25H,(H,35,37)(H,36,38)(H,39,40)(H,41,42). The normalized spacial score (nSPS) is 11.5. The van der Waals surface area contributed by atoms with Gasteiger partial charge in [-0.2, -0.15) is 0 Å². The predicted octanol–water partition coefficient (Wildman–Crippen LogP) is 9.07. The van der Waals surface area contributed by atoms with Gasteiger partial charge in [-0.1, -0.05) is 94.4 Å².